The third-order valence-electron chi connectivity index (χ3n) is 6.12. The highest BCUT2D eigenvalue weighted by molar-refractivity contribution is 6.30. The molecule has 1 unspecified atom stereocenters. The number of benzene rings is 2. The van der Waals surface area contributed by atoms with Gasteiger partial charge >= 0.3 is 5.97 Å². The number of imide groups is 1. The number of nitrogens with zero attached hydrogens (tertiary/aromatic N) is 2. The number of halogens is 1. The van der Waals surface area contributed by atoms with Crippen LogP contribution in [-0.2, 0) is 19.9 Å². The molecule has 0 saturated carbocycles. The first-order valence-electron chi connectivity index (χ1n) is 10.1. The van der Waals surface area contributed by atoms with E-state index in [2.05, 4.69) is 4.74 Å². The second-order valence-electron chi connectivity index (χ2n) is 7.90. The molecule has 0 bridgehead atoms. The normalized spacial score (nSPS) is 21.4. The minimum Gasteiger partial charge on any atom is -0.465 e. The van der Waals surface area contributed by atoms with E-state index in [9.17, 15) is 19.5 Å². The number of hydrogen-bond donors (Lipinski definition) is 1. The lowest BCUT2D eigenvalue weighted by molar-refractivity contribution is -0.124. The smallest absolute Gasteiger partial charge is 0.337 e. The van der Waals surface area contributed by atoms with Crippen molar-refractivity contribution in [2.45, 2.75) is 30.9 Å². The predicted octanol–water partition coefficient (Wildman–Crippen LogP) is 2.74. The summed E-state index contributed by atoms with van der Waals surface area (Å²) in [5, 5.41) is 11.7. The van der Waals surface area contributed by atoms with Gasteiger partial charge in [0, 0.05) is 18.1 Å². The van der Waals surface area contributed by atoms with E-state index >= 15 is 0 Å². The monoisotopic (exact) mass is 442 g/mol. The maximum absolute atomic E-state index is 13.1. The van der Waals surface area contributed by atoms with Crippen molar-refractivity contribution in [2.75, 3.05) is 25.1 Å². The zero-order valence-corrected chi connectivity index (χ0v) is 17.8. The second-order valence-corrected chi connectivity index (χ2v) is 8.34. The van der Waals surface area contributed by atoms with Crippen molar-refractivity contribution in [3.05, 3.63) is 64.7 Å². The van der Waals surface area contributed by atoms with Gasteiger partial charge in [-0.15, -0.1) is 0 Å². The number of likely N-dealkylation sites (tertiary alicyclic amines) is 1. The Morgan fingerprint density at radius 1 is 1.06 bits per heavy atom. The Bertz CT molecular complexity index is 998. The Kier molecular flexibility index (Phi) is 5.83. The summed E-state index contributed by atoms with van der Waals surface area (Å²) in [6.07, 6.45) is 1.01. The molecule has 0 radical (unpaired) electrons. The van der Waals surface area contributed by atoms with E-state index in [0.717, 1.165) is 5.56 Å². The number of hydrogen-bond acceptors (Lipinski definition) is 6. The van der Waals surface area contributed by atoms with Gasteiger partial charge in [-0.1, -0.05) is 23.7 Å². The van der Waals surface area contributed by atoms with Crippen LogP contribution in [0.1, 0.15) is 35.2 Å². The molecule has 1 N–H and O–H groups in total. The molecule has 2 aromatic rings. The van der Waals surface area contributed by atoms with Crippen molar-refractivity contribution in [3.63, 3.8) is 0 Å². The van der Waals surface area contributed by atoms with Gasteiger partial charge in [0.15, 0.2) is 0 Å². The van der Waals surface area contributed by atoms with E-state index in [1.54, 1.807) is 24.3 Å². The van der Waals surface area contributed by atoms with E-state index in [4.69, 9.17) is 11.6 Å². The number of carbonyl (C=O) groups excluding carboxylic acids is 3. The molecule has 2 heterocycles. The Hall–Kier alpha value is -2.74. The number of esters is 1. The van der Waals surface area contributed by atoms with Crippen molar-refractivity contribution in [1.82, 2.24) is 4.90 Å². The number of carbonyl (C=O) groups is 3. The standard InChI is InChI=1S/C23H23ClN2O5/c1-31-22(29)15-2-8-18(9-3-15)26-20(27)14-19(21(26)28)25-12-10-23(30,11-13-25)16-4-6-17(24)7-5-16/h2-9,19,30H,10-14H2,1H3. The van der Waals surface area contributed by atoms with Crippen LogP contribution in [0.5, 0.6) is 0 Å². The lowest BCUT2D eigenvalue weighted by atomic mass is 9.84. The van der Waals surface area contributed by atoms with Crippen molar-refractivity contribution in [2.24, 2.45) is 0 Å². The number of anilines is 1. The maximum atomic E-state index is 13.1. The first-order valence-corrected chi connectivity index (χ1v) is 10.5. The number of amides is 2. The summed E-state index contributed by atoms with van der Waals surface area (Å²) in [4.78, 5) is 40.4. The van der Waals surface area contributed by atoms with Gasteiger partial charge < -0.3 is 9.84 Å². The fourth-order valence-corrected chi connectivity index (χ4v) is 4.42. The summed E-state index contributed by atoms with van der Waals surface area (Å²) >= 11 is 5.94. The third kappa shape index (κ3) is 4.08. The average Bonchev–Trinajstić information content (AvgIpc) is 3.08. The highest BCUT2D eigenvalue weighted by Gasteiger charge is 2.45. The Morgan fingerprint density at radius 2 is 1.68 bits per heavy atom. The van der Waals surface area contributed by atoms with Crippen LogP contribution in [0, 0.1) is 0 Å². The van der Waals surface area contributed by atoms with Crippen molar-refractivity contribution >= 4 is 35.1 Å². The van der Waals surface area contributed by atoms with Crippen molar-refractivity contribution < 1.29 is 24.2 Å². The van der Waals surface area contributed by atoms with E-state index < -0.39 is 17.6 Å². The highest BCUT2D eigenvalue weighted by atomic mass is 35.5. The summed E-state index contributed by atoms with van der Waals surface area (Å²) in [6, 6.07) is 12.8. The van der Waals surface area contributed by atoms with Gasteiger partial charge in [-0.2, -0.15) is 0 Å². The van der Waals surface area contributed by atoms with Gasteiger partial charge in [0.25, 0.3) is 5.91 Å². The molecule has 2 amide bonds. The third-order valence-corrected chi connectivity index (χ3v) is 6.37. The Labute approximate surface area is 185 Å². The molecule has 4 rings (SSSR count). The predicted molar refractivity (Wildman–Crippen MR) is 115 cm³/mol. The van der Waals surface area contributed by atoms with Crippen LogP contribution in [0.4, 0.5) is 5.69 Å². The summed E-state index contributed by atoms with van der Waals surface area (Å²) in [5.74, 6) is -1.04. The molecule has 7 nitrogen and oxygen atoms in total. The van der Waals surface area contributed by atoms with Crippen LogP contribution < -0.4 is 4.90 Å². The van der Waals surface area contributed by atoms with Crippen molar-refractivity contribution in [1.29, 1.82) is 0 Å². The fraction of sp³-hybridized carbons (Fsp3) is 0.348. The van der Waals surface area contributed by atoms with Gasteiger partial charge in [0.1, 0.15) is 0 Å². The Balaban J connectivity index is 1.45. The van der Waals surface area contributed by atoms with Crippen molar-refractivity contribution in [3.8, 4) is 0 Å². The highest BCUT2D eigenvalue weighted by Crippen LogP contribution is 2.36. The fourth-order valence-electron chi connectivity index (χ4n) is 4.29. The summed E-state index contributed by atoms with van der Waals surface area (Å²) in [5.41, 5.74) is 0.604. The van der Waals surface area contributed by atoms with Crippen LogP contribution in [0.15, 0.2) is 48.5 Å². The Morgan fingerprint density at radius 3 is 2.26 bits per heavy atom. The zero-order valence-electron chi connectivity index (χ0n) is 17.1. The number of aliphatic hydroxyl groups is 1. The lowest BCUT2D eigenvalue weighted by Crippen LogP contribution is -2.49. The molecule has 2 aliphatic heterocycles. The van der Waals surface area contributed by atoms with E-state index in [0.29, 0.717) is 42.2 Å². The maximum Gasteiger partial charge on any atom is 0.337 e. The molecule has 162 valence electrons. The summed E-state index contributed by atoms with van der Waals surface area (Å²) in [7, 11) is 1.29. The lowest BCUT2D eigenvalue weighted by Gasteiger charge is -2.40. The van der Waals surface area contributed by atoms with Gasteiger partial charge in [0.05, 0.1) is 36.4 Å². The van der Waals surface area contributed by atoms with E-state index in [1.165, 1.54) is 24.1 Å². The molecule has 2 fully saturated rings. The van der Waals surface area contributed by atoms with Crippen LogP contribution in [0.2, 0.25) is 5.02 Å². The van der Waals surface area contributed by atoms with Gasteiger partial charge in [-0.25, -0.2) is 9.69 Å². The molecule has 0 aliphatic carbocycles. The SMILES string of the molecule is COC(=O)c1ccc(N2C(=O)CC(N3CCC(O)(c4ccc(Cl)cc4)CC3)C2=O)cc1. The topological polar surface area (TPSA) is 87.2 Å². The van der Waals surface area contributed by atoms with Crippen LogP contribution in [-0.4, -0.2) is 54.0 Å². The molecule has 0 spiro atoms. The largest absolute Gasteiger partial charge is 0.465 e. The molecule has 2 saturated heterocycles. The summed E-state index contributed by atoms with van der Waals surface area (Å²) < 4.78 is 4.67. The first-order chi connectivity index (χ1) is 14.8. The van der Waals surface area contributed by atoms with Crippen LogP contribution in [0.3, 0.4) is 0 Å². The average molecular weight is 443 g/mol. The van der Waals surface area contributed by atoms with Gasteiger partial charge in [-0.3, -0.25) is 14.5 Å². The molecule has 1 atom stereocenters. The first kappa shape index (κ1) is 21.5. The minimum absolute atomic E-state index is 0.0942. The molecular formula is C23H23ClN2O5. The van der Waals surface area contributed by atoms with Gasteiger partial charge in [-0.05, 0) is 54.8 Å². The molecule has 0 aromatic heterocycles. The van der Waals surface area contributed by atoms with Crippen LogP contribution >= 0.6 is 11.6 Å². The van der Waals surface area contributed by atoms with Crippen LogP contribution in [0.25, 0.3) is 0 Å². The number of piperidine rings is 1. The van der Waals surface area contributed by atoms with E-state index in [1.807, 2.05) is 17.0 Å². The zero-order chi connectivity index (χ0) is 22.2. The van der Waals surface area contributed by atoms with Gasteiger partial charge in [0.2, 0.25) is 5.91 Å². The molecular weight excluding hydrogens is 420 g/mol. The molecule has 8 heteroatoms. The second kappa shape index (κ2) is 8.42. The van der Waals surface area contributed by atoms with E-state index in [-0.39, 0.29) is 18.2 Å². The number of ether oxygens (including phenoxy) is 1. The molecule has 2 aromatic carbocycles. The number of methoxy groups -OCH3 is 1. The molecule has 2 aliphatic rings. The molecule has 31 heavy (non-hydrogen) atoms. The summed E-state index contributed by atoms with van der Waals surface area (Å²) in [6.45, 7) is 0.996. The quantitative estimate of drug-likeness (QED) is 0.578. The number of rotatable bonds is 4. The minimum atomic E-state index is -0.976.